The quantitative estimate of drug-likeness (QED) is 0.731. The number of ether oxygens (including phenoxy) is 1. The predicted molar refractivity (Wildman–Crippen MR) is 65.2 cm³/mol. The number of rotatable bonds is 2. The van der Waals surface area contributed by atoms with E-state index in [1.807, 2.05) is 0 Å². The summed E-state index contributed by atoms with van der Waals surface area (Å²) in [5.74, 6) is 1.13. The van der Waals surface area contributed by atoms with Gasteiger partial charge in [-0.1, -0.05) is 19.9 Å². The van der Waals surface area contributed by atoms with Crippen LogP contribution in [-0.2, 0) is 4.74 Å². The summed E-state index contributed by atoms with van der Waals surface area (Å²) in [4.78, 5) is 0. The monoisotopic (exact) mass is 224 g/mol. The Bertz CT molecular complexity index is 288. The van der Waals surface area contributed by atoms with Crippen molar-refractivity contribution >= 4 is 0 Å². The van der Waals surface area contributed by atoms with Gasteiger partial charge in [0.15, 0.2) is 0 Å². The summed E-state index contributed by atoms with van der Waals surface area (Å²) in [5.41, 5.74) is -0.668. The van der Waals surface area contributed by atoms with Crippen LogP contribution in [0.2, 0.25) is 0 Å². The minimum Gasteiger partial charge on any atom is -0.385 e. The molecule has 0 saturated heterocycles. The first-order valence-electron chi connectivity index (χ1n) is 6.35. The van der Waals surface area contributed by atoms with Crippen molar-refractivity contribution in [3.8, 4) is 0 Å². The summed E-state index contributed by atoms with van der Waals surface area (Å²) in [6.07, 6.45) is 6.21. The Morgan fingerprint density at radius 3 is 2.75 bits per heavy atom. The van der Waals surface area contributed by atoms with E-state index in [4.69, 9.17) is 4.74 Å². The highest BCUT2D eigenvalue weighted by Crippen LogP contribution is 2.60. The van der Waals surface area contributed by atoms with Crippen LogP contribution in [0.15, 0.2) is 12.7 Å². The van der Waals surface area contributed by atoms with Gasteiger partial charge in [0.05, 0.1) is 11.7 Å². The van der Waals surface area contributed by atoms with Gasteiger partial charge in [-0.3, -0.25) is 0 Å². The minimum atomic E-state index is -0.671. The number of aliphatic hydroxyl groups is 1. The second-order valence-electron chi connectivity index (χ2n) is 5.97. The van der Waals surface area contributed by atoms with E-state index in [1.54, 1.807) is 13.2 Å². The molecule has 0 bridgehead atoms. The molecule has 0 amide bonds. The van der Waals surface area contributed by atoms with Crippen LogP contribution in [0.1, 0.15) is 39.5 Å². The normalized spacial score (nSPS) is 52.4. The average Bonchev–Trinajstić information content (AvgIpc) is 2.47. The third-order valence-electron chi connectivity index (χ3n) is 5.30. The van der Waals surface area contributed by atoms with Crippen LogP contribution in [0.25, 0.3) is 0 Å². The van der Waals surface area contributed by atoms with Crippen LogP contribution in [-0.4, -0.2) is 23.9 Å². The molecule has 0 aromatic rings. The molecule has 2 rings (SSSR count). The molecule has 16 heavy (non-hydrogen) atoms. The Hall–Kier alpha value is -0.340. The number of hydrogen-bond acceptors (Lipinski definition) is 2. The zero-order valence-corrected chi connectivity index (χ0v) is 10.7. The second kappa shape index (κ2) is 3.85. The topological polar surface area (TPSA) is 29.5 Å². The molecule has 92 valence electrons. The maximum atomic E-state index is 10.7. The number of fused-ring (bicyclic) bond motifs is 1. The molecule has 0 aromatic heterocycles. The van der Waals surface area contributed by atoms with Crippen molar-refractivity contribution in [1.82, 2.24) is 0 Å². The summed E-state index contributed by atoms with van der Waals surface area (Å²) in [6.45, 7) is 8.33. The highest BCUT2D eigenvalue weighted by atomic mass is 16.5. The standard InChI is InChI=1S/C14H24O2/c1-5-14(15)9-10(2)12-8-11(16-4)6-7-13(12,14)3/h5,10-12,15H,1,6-9H2,2-4H3. The van der Waals surface area contributed by atoms with E-state index < -0.39 is 5.60 Å². The molecule has 2 fully saturated rings. The minimum absolute atomic E-state index is 0.00317. The number of hydrogen-bond donors (Lipinski definition) is 1. The van der Waals surface area contributed by atoms with Gasteiger partial charge in [-0.25, -0.2) is 0 Å². The molecule has 0 heterocycles. The molecule has 5 unspecified atom stereocenters. The average molecular weight is 224 g/mol. The van der Waals surface area contributed by atoms with Crippen molar-refractivity contribution in [2.45, 2.75) is 51.2 Å². The summed E-state index contributed by atoms with van der Waals surface area (Å²) >= 11 is 0. The van der Waals surface area contributed by atoms with Crippen LogP contribution >= 0.6 is 0 Å². The summed E-state index contributed by atoms with van der Waals surface area (Å²) in [7, 11) is 1.80. The fraction of sp³-hybridized carbons (Fsp3) is 0.857. The fourth-order valence-electron chi connectivity index (χ4n) is 4.10. The molecule has 2 heteroatoms. The Morgan fingerprint density at radius 2 is 2.19 bits per heavy atom. The Labute approximate surface area is 98.7 Å². The van der Waals surface area contributed by atoms with E-state index in [1.165, 1.54) is 0 Å². The SMILES string of the molecule is C=CC1(O)CC(C)C2CC(OC)CCC21C. The molecule has 0 radical (unpaired) electrons. The van der Waals surface area contributed by atoms with Crippen LogP contribution in [0.5, 0.6) is 0 Å². The third kappa shape index (κ3) is 1.46. The largest absolute Gasteiger partial charge is 0.385 e. The summed E-state index contributed by atoms with van der Waals surface area (Å²) < 4.78 is 5.49. The van der Waals surface area contributed by atoms with Gasteiger partial charge in [-0.2, -0.15) is 0 Å². The van der Waals surface area contributed by atoms with Gasteiger partial charge in [-0.05, 0) is 37.5 Å². The van der Waals surface area contributed by atoms with Gasteiger partial charge in [0.2, 0.25) is 0 Å². The second-order valence-corrected chi connectivity index (χ2v) is 5.97. The molecule has 2 nitrogen and oxygen atoms in total. The van der Waals surface area contributed by atoms with E-state index in [2.05, 4.69) is 20.4 Å². The van der Waals surface area contributed by atoms with Crippen molar-refractivity contribution in [2.24, 2.45) is 17.3 Å². The Kier molecular flexibility index (Phi) is 2.92. The Morgan fingerprint density at radius 1 is 1.50 bits per heavy atom. The smallest absolute Gasteiger partial charge is 0.0883 e. The van der Waals surface area contributed by atoms with Gasteiger partial charge >= 0.3 is 0 Å². The van der Waals surface area contributed by atoms with E-state index in [0.29, 0.717) is 17.9 Å². The van der Waals surface area contributed by atoms with Gasteiger partial charge in [-0.15, -0.1) is 6.58 Å². The van der Waals surface area contributed by atoms with Crippen molar-refractivity contribution in [3.05, 3.63) is 12.7 Å². The van der Waals surface area contributed by atoms with Crippen LogP contribution < -0.4 is 0 Å². The zero-order chi connectivity index (χ0) is 12.0. The molecular formula is C14H24O2. The van der Waals surface area contributed by atoms with Crippen molar-refractivity contribution in [1.29, 1.82) is 0 Å². The zero-order valence-electron chi connectivity index (χ0n) is 10.7. The van der Waals surface area contributed by atoms with Gasteiger partial charge < -0.3 is 9.84 Å². The molecule has 2 aliphatic rings. The lowest BCUT2D eigenvalue weighted by Gasteiger charge is -2.46. The van der Waals surface area contributed by atoms with Crippen molar-refractivity contribution < 1.29 is 9.84 Å². The molecule has 2 saturated carbocycles. The van der Waals surface area contributed by atoms with Gasteiger partial charge in [0.25, 0.3) is 0 Å². The van der Waals surface area contributed by atoms with Crippen LogP contribution in [0.4, 0.5) is 0 Å². The first-order chi connectivity index (χ1) is 7.47. The molecule has 5 atom stereocenters. The Balaban J connectivity index is 2.28. The third-order valence-corrected chi connectivity index (χ3v) is 5.30. The van der Waals surface area contributed by atoms with Crippen LogP contribution in [0, 0.1) is 17.3 Å². The maximum Gasteiger partial charge on any atom is 0.0883 e. The highest BCUT2D eigenvalue weighted by molar-refractivity contribution is 5.17. The predicted octanol–water partition coefficient (Wildman–Crippen LogP) is 2.76. The molecular weight excluding hydrogens is 200 g/mol. The van der Waals surface area contributed by atoms with Gasteiger partial charge in [0.1, 0.15) is 0 Å². The molecule has 1 N–H and O–H groups in total. The van der Waals surface area contributed by atoms with E-state index in [-0.39, 0.29) is 5.41 Å². The summed E-state index contributed by atoms with van der Waals surface area (Å²) in [6, 6.07) is 0. The van der Waals surface area contributed by atoms with E-state index >= 15 is 0 Å². The van der Waals surface area contributed by atoms with Crippen LogP contribution in [0.3, 0.4) is 0 Å². The first-order valence-corrected chi connectivity index (χ1v) is 6.35. The maximum absolute atomic E-state index is 10.7. The lowest BCUT2D eigenvalue weighted by molar-refractivity contribution is -0.0786. The number of methoxy groups -OCH3 is 1. The summed E-state index contributed by atoms with van der Waals surface area (Å²) in [5, 5.41) is 10.7. The highest BCUT2D eigenvalue weighted by Gasteiger charge is 2.59. The van der Waals surface area contributed by atoms with Crippen molar-refractivity contribution in [3.63, 3.8) is 0 Å². The van der Waals surface area contributed by atoms with E-state index in [0.717, 1.165) is 25.7 Å². The lowest BCUT2D eigenvalue weighted by atomic mass is 9.62. The molecule has 0 aliphatic heterocycles. The van der Waals surface area contributed by atoms with E-state index in [9.17, 15) is 5.11 Å². The van der Waals surface area contributed by atoms with Gasteiger partial charge in [0, 0.05) is 12.5 Å². The lowest BCUT2D eigenvalue weighted by Crippen LogP contribution is -2.47. The molecule has 0 aromatic carbocycles. The molecule has 0 spiro atoms. The molecule has 2 aliphatic carbocycles. The van der Waals surface area contributed by atoms with Crippen molar-refractivity contribution in [2.75, 3.05) is 7.11 Å². The first kappa shape index (κ1) is 12.1. The fourth-order valence-corrected chi connectivity index (χ4v) is 4.10.